The Morgan fingerprint density at radius 3 is 2.48 bits per heavy atom. The van der Waals surface area contributed by atoms with Gasteiger partial charge in [0.05, 0.1) is 16.8 Å². The van der Waals surface area contributed by atoms with E-state index in [1.54, 1.807) is 4.90 Å². The molecule has 0 bridgehead atoms. The number of aryl methyl sites for hydroxylation is 1. The minimum atomic E-state index is -1.48. The average molecular weight is 409 g/mol. The molecule has 2 aliphatic rings. The summed E-state index contributed by atoms with van der Waals surface area (Å²) in [6, 6.07) is 16.1. The lowest BCUT2D eigenvalue weighted by Crippen LogP contribution is -2.63. The molecule has 2 aliphatic heterocycles. The van der Waals surface area contributed by atoms with Gasteiger partial charge in [0.2, 0.25) is 0 Å². The van der Waals surface area contributed by atoms with Gasteiger partial charge in [-0.05, 0) is 24.6 Å². The molecule has 0 saturated carbocycles. The van der Waals surface area contributed by atoms with Gasteiger partial charge in [0.15, 0.2) is 5.13 Å². The number of carbonyl (C=O) groups is 2. The fraction of sp³-hybridized carbons (Fsp3) is 0.286. The molecule has 3 aromatic rings. The predicted molar refractivity (Wildman–Crippen MR) is 108 cm³/mol. The van der Waals surface area contributed by atoms with Crippen LogP contribution >= 0.6 is 11.3 Å². The number of rotatable bonds is 3. The van der Waals surface area contributed by atoms with E-state index in [9.17, 15) is 9.59 Å². The predicted octanol–water partition coefficient (Wildman–Crippen LogP) is 2.68. The zero-order chi connectivity index (χ0) is 20.0. The van der Waals surface area contributed by atoms with E-state index in [2.05, 4.69) is 34.1 Å². The van der Waals surface area contributed by atoms with Crippen LogP contribution in [0.2, 0.25) is 0 Å². The first-order valence-electron chi connectivity index (χ1n) is 9.40. The quantitative estimate of drug-likeness (QED) is 0.486. The minimum absolute atomic E-state index is 0.258. The van der Waals surface area contributed by atoms with Crippen molar-refractivity contribution in [1.82, 2.24) is 9.88 Å². The third-order valence-electron chi connectivity index (χ3n) is 5.19. The summed E-state index contributed by atoms with van der Waals surface area (Å²) in [5.74, 6) is -3.41. The fourth-order valence-electron chi connectivity index (χ4n) is 3.73. The molecule has 0 aliphatic carbocycles. The Hall–Kier alpha value is -2.97. The van der Waals surface area contributed by atoms with Gasteiger partial charge in [0.25, 0.3) is 0 Å². The number of aromatic nitrogens is 1. The van der Waals surface area contributed by atoms with E-state index >= 15 is 0 Å². The largest absolute Gasteiger partial charge is 0.422 e. The number of piperazine rings is 1. The number of fused-ring (bicyclic) bond motifs is 1. The maximum absolute atomic E-state index is 11.9. The summed E-state index contributed by atoms with van der Waals surface area (Å²) in [4.78, 5) is 32.5. The first-order chi connectivity index (χ1) is 14.0. The van der Waals surface area contributed by atoms with Gasteiger partial charge in [-0.25, -0.2) is 14.6 Å². The number of para-hydroxylation sites is 1. The average Bonchev–Trinajstić information content (AvgIpc) is 3.24. The molecular formula is C21H19N3O4S. The number of hydrogen-bond donors (Lipinski definition) is 0. The highest BCUT2D eigenvalue weighted by molar-refractivity contribution is 7.22. The van der Waals surface area contributed by atoms with Crippen LogP contribution in [0.15, 0.2) is 48.5 Å². The summed E-state index contributed by atoms with van der Waals surface area (Å²) in [7, 11) is 0. The number of ether oxygens (including phenoxy) is 2. The van der Waals surface area contributed by atoms with Crippen LogP contribution in [0.5, 0.6) is 0 Å². The van der Waals surface area contributed by atoms with Crippen LogP contribution in [-0.4, -0.2) is 47.4 Å². The first kappa shape index (κ1) is 18.1. The Labute approximate surface area is 171 Å². The molecule has 0 radical (unpaired) electrons. The molecule has 2 aromatic carbocycles. The van der Waals surface area contributed by atoms with Gasteiger partial charge in [0.1, 0.15) is 0 Å². The van der Waals surface area contributed by atoms with Crippen molar-refractivity contribution in [2.45, 2.75) is 19.4 Å². The maximum atomic E-state index is 11.9. The number of hydrogen-bond acceptors (Lipinski definition) is 8. The molecule has 3 heterocycles. The molecule has 0 atom stereocenters. The SMILES string of the molecule is Cc1ccc(CN2CCN(c3nc4ccccc4s3)C3(C2)OC(=O)C(=O)O3)cc1. The van der Waals surface area contributed by atoms with E-state index in [0.717, 1.165) is 22.3 Å². The first-order valence-corrected chi connectivity index (χ1v) is 10.2. The van der Waals surface area contributed by atoms with Crippen molar-refractivity contribution in [2.75, 3.05) is 24.5 Å². The number of benzene rings is 2. The van der Waals surface area contributed by atoms with Crippen molar-refractivity contribution in [3.05, 3.63) is 59.7 Å². The fourth-order valence-corrected chi connectivity index (χ4v) is 4.78. The number of thiazole rings is 1. The van der Waals surface area contributed by atoms with Crippen molar-refractivity contribution in [1.29, 1.82) is 0 Å². The Kier molecular flexibility index (Phi) is 4.25. The van der Waals surface area contributed by atoms with E-state index in [-0.39, 0.29) is 6.54 Å². The summed E-state index contributed by atoms with van der Waals surface area (Å²) in [6.07, 6.45) is 0. The van der Waals surface area contributed by atoms with E-state index in [1.807, 2.05) is 31.2 Å². The summed E-state index contributed by atoms with van der Waals surface area (Å²) >= 11 is 1.49. The van der Waals surface area contributed by atoms with Gasteiger partial charge in [0, 0.05) is 19.6 Å². The summed E-state index contributed by atoms with van der Waals surface area (Å²) < 4.78 is 12.0. The van der Waals surface area contributed by atoms with Crippen LogP contribution in [0.4, 0.5) is 5.13 Å². The molecule has 29 heavy (non-hydrogen) atoms. The second-order valence-corrected chi connectivity index (χ2v) is 8.31. The van der Waals surface area contributed by atoms with E-state index in [4.69, 9.17) is 9.47 Å². The van der Waals surface area contributed by atoms with Crippen LogP contribution in [0.1, 0.15) is 11.1 Å². The third kappa shape index (κ3) is 3.24. The molecular weight excluding hydrogens is 390 g/mol. The second-order valence-electron chi connectivity index (χ2n) is 7.30. The second kappa shape index (κ2) is 6.82. The normalized spacial score (nSPS) is 19.0. The molecule has 148 valence electrons. The lowest BCUT2D eigenvalue weighted by molar-refractivity contribution is -0.193. The molecule has 1 spiro atoms. The lowest BCUT2D eigenvalue weighted by atomic mass is 10.1. The Balaban J connectivity index is 1.45. The zero-order valence-corrected chi connectivity index (χ0v) is 16.6. The highest BCUT2D eigenvalue weighted by Gasteiger charge is 2.57. The molecule has 2 fully saturated rings. The number of carbonyl (C=O) groups excluding carboxylic acids is 2. The van der Waals surface area contributed by atoms with Crippen LogP contribution in [0.25, 0.3) is 10.2 Å². The van der Waals surface area contributed by atoms with Crippen molar-refractivity contribution in [3.63, 3.8) is 0 Å². The van der Waals surface area contributed by atoms with Crippen molar-refractivity contribution >= 4 is 38.6 Å². The lowest BCUT2D eigenvalue weighted by Gasteiger charge is -2.44. The van der Waals surface area contributed by atoms with Crippen molar-refractivity contribution in [3.8, 4) is 0 Å². The van der Waals surface area contributed by atoms with Crippen LogP contribution in [0.3, 0.4) is 0 Å². The van der Waals surface area contributed by atoms with Gasteiger partial charge in [-0.3, -0.25) is 9.80 Å². The van der Waals surface area contributed by atoms with E-state index < -0.39 is 17.8 Å². The highest BCUT2D eigenvalue weighted by Crippen LogP contribution is 2.38. The van der Waals surface area contributed by atoms with Gasteiger partial charge >= 0.3 is 17.8 Å². The molecule has 0 N–H and O–H groups in total. The number of nitrogens with zero attached hydrogens (tertiary/aromatic N) is 3. The van der Waals surface area contributed by atoms with Gasteiger partial charge in [-0.2, -0.15) is 0 Å². The molecule has 2 saturated heterocycles. The molecule has 8 heteroatoms. The Morgan fingerprint density at radius 2 is 1.76 bits per heavy atom. The van der Waals surface area contributed by atoms with Gasteiger partial charge in [-0.1, -0.05) is 53.3 Å². The number of anilines is 1. The van der Waals surface area contributed by atoms with Gasteiger partial charge < -0.3 is 9.47 Å². The Bertz CT molecular complexity index is 1050. The highest BCUT2D eigenvalue weighted by atomic mass is 32.1. The maximum Gasteiger partial charge on any atom is 0.422 e. The van der Waals surface area contributed by atoms with Crippen LogP contribution in [0, 0.1) is 6.92 Å². The third-order valence-corrected chi connectivity index (χ3v) is 6.25. The van der Waals surface area contributed by atoms with E-state index in [1.165, 1.54) is 16.9 Å². The summed E-state index contributed by atoms with van der Waals surface area (Å²) in [5, 5.41) is 0.670. The van der Waals surface area contributed by atoms with Crippen molar-refractivity contribution in [2.24, 2.45) is 0 Å². The topological polar surface area (TPSA) is 72.0 Å². The van der Waals surface area contributed by atoms with Gasteiger partial charge in [-0.15, -0.1) is 0 Å². The van der Waals surface area contributed by atoms with E-state index in [0.29, 0.717) is 18.2 Å². The standard InChI is InChI=1S/C21H19N3O4S/c1-14-6-8-15(9-7-14)12-23-10-11-24(21(13-23)27-18(25)19(26)28-21)20-22-16-4-2-3-5-17(16)29-20/h2-9H,10-13H2,1H3. The smallest absolute Gasteiger partial charge is 0.394 e. The zero-order valence-electron chi connectivity index (χ0n) is 15.8. The van der Waals surface area contributed by atoms with Crippen molar-refractivity contribution < 1.29 is 19.1 Å². The summed E-state index contributed by atoms with van der Waals surface area (Å²) in [6.45, 7) is 4.22. The molecule has 1 aromatic heterocycles. The molecule has 0 unspecified atom stereocenters. The Morgan fingerprint density at radius 1 is 1.03 bits per heavy atom. The van der Waals surface area contributed by atoms with Crippen LogP contribution < -0.4 is 4.90 Å². The van der Waals surface area contributed by atoms with Crippen LogP contribution in [-0.2, 0) is 25.6 Å². The monoisotopic (exact) mass is 409 g/mol. The summed E-state index contributed by atoms with van der Waals surface area (Å²) in [5.41, 5.74) is 3.21. The molecule has 0 amide bonds. The molecule has 5 rings (SSSR count). The number of esters is 2. The minimum Gasteiger partial charge on any atom is -0.394 e. The molecule has 7 nitrogen and oxygen atoms in total.